The third kappa shape index (κ3) is 4.91. The third-order valence-electron chi connectivity index (χ3n) is 4.25. The van der Waals surface area contributed by atoms with Gasteiger partial charge in [0.1, 0.15) is 5.01 Å². The van der Waals surface area contributed by atoms with Crippen LogP contribution in [0.3, 0.4) is 0 Å². The lowest BCUT2D eigenvalue weighted by atomic mass is 10.1. The summed E-state index contributed by atoms with van der Waals surface area (Å²) in [5, 5.41) is 7.72. The average molecular weight is 357 g/mol. The Labute approximate surface area is 141 Å². The number of hydrogen-bond donors (Lipinski definition) is 2. The summed E-state index contributed by atoms with van der Waals surface area (Å²) in [6.07, 6.45) is 3.10. The first kappa shape index (κ1) is 16.7. The van der Waals surface area contributed by atoms with Gasteiger partial charge in [0.05, 0.1) is 23.7 Å². The first-order valence-electron chi connectivity index (χ1n) is 8.09. The Balaban J connectivity index is 1.57. The van der Waals surface area contributed by atoms with Crippen molar-refractivity contribution in [2.45, 2.75) is 45.7 Å². The molecule has 1 saturated carbocycles. The molecule has 1 aliphatic heterocycles. The Morgan fingerprint density at radius 2 is 2.13 bits per heavy atom. The van der Waals surface area contributed by atoms with Gasteiger partial charge in [0, 0.05) is 17.5 Å². The van der Waals surface area contributed by atoms with E-state index < -0.39 is 9.84 Å². The van der Waals surface area contributed by atoms with E-state index in [-0.39, 0.29) is 5.92 Å². The predicted molar refractivity (Wildman–Crippen MR) is 93.6 cm³/mol. The first-order chi connectivity index (χ1) is 10.9. The smallest absolute Gasteiger partial charge is 0.191 e. The lowest BCUT2D eigenvalue weighted by Gasteiger charge is -2.14. The zero-order chi connectivity index (χ0) is 16.4. The van der Waals surface area contributed by atoms with Gasteiger partial charge in [-0.3, -0.25) is 0 Å². The molecule has 0 radical (unpaired) electrons. The molecule has 2 aliphatic rings. The molecule has 1 saturated heterocycles. The van der Waals surface area contributed by atoms with Crippen LogP contribution in [0.1, 0.15) is 34.8 Å². The standard InChI is InChI=1S/C15H24N4O2S2/c1-10-11(2)22-14(18-10)8-17-15(19-13-3-4-13)16-7-12-5-6-23(20,21)9-12/h12-13H,3-9H2,1-2H3,(H2,16,17,19). The molecule has 3 rings (SSSR count). The van der Waals surface area contributed by atoms with Crippen LogP contribution in [0.25, 0.3) is 0 Å². The third-order valence-corrected chi connectivity index (χ3v) is 7.14. The lowest BCUT2D eigenvalue weighted by molar-refractivity contribution is 0.566. The molecule has 2 heterocycles. The van der Waals surface area contributed by atoms with E-state index in [0.29, 0.717) is 30.6 Å². The van der Waals surface area contributed by atoms with Crippen LogP contribution in [-0.4, -0.2) is 43.5 Å². The molecule has 2 fully saturated rings. The molecule has 1 aromatic heterocycles. The highest BCUT2D eigenvalue weighted by molar-refractivity contribution is 7.91. The second-order valence-electron chi connectivity index (χ2n) is 6.48. The molecule has 1 aromatic rings. The monoisotopic (exact) mass is 356 g/mol. The van der Waals surface area contributed by atoms with E-state index in [1.165, 1.54) is 17.7 Å². The van der Waals surface area contributed by atoms with E-state index in [4.69, 9.17) is 0 Å². The fourth-order valence-corrected chi connectivity index (χ4v) is 5.32. The minimum atomic E-state index is -2.82. The molecular weight excluding hydrogens is 332 g/mol. The van der Waals surface area contributed by atoms with Crippen molar-refractivity contribution in [2.75, 3.05) is 18.1 Å². The quantitative estimate of drug-likeness (QED) is 0.615. The van der Waals surface area contributed by atoms with Crippen LogP contribution in [0.15, 0.2) is 4.99 Å². The predicted octanol–water partition coefficient (Wildman–Crippen LogP) is 1.39. The van der Waals surface area contributed by atoms with Crippen LogP contribution in [0, 0.1) is 19.8 Å². The molecule has 1 unspecified atom stereocenters. The van der Waals surface area contributed by atoms with Crippen molar-refractivity contribution in [1.82, 2.24) is 15.6 Å². The van der Waals surface area contributed by atoms with Gasteiger partial charge in [0.15, 0.2) is 15.8 Å². The van der Waals surface area contributed by atoms with Crippen molar-refractivity contribution < 1.29 is 8.42 Å². The summed E-state index contributed by atoms with van der Waals surface area (Å²) in [4.78, 5) is 10.4. The number of guanidine groups is 1. The lowest BCUT2D eigenvalue weighted by Crippen LogP contribution is -2.41. The molecule has 0 spiro atoms. The topological polar surface area (TPSA) is 83.5 Å². The normalized spacial score (nSPS) is 23.9. The van der Waals surface area contributed by atoms with Crippen molar-refractivity contribution in [1.29, 1.82) is 0 Å². The van der Waals surface area contributed by atoms with E-state index in [2.05, 4.69) is 27.5 Å². The van der Waals surface area contributed by atoms with Crippen molar-refractivity contribution in [3.8, 4) is 0 Å². The van der Waals surface area contributed by atoms with Gasteiger partial charge in [0.2, 0.25) is 0 Å². The van der Waals surface area contributed by atoms with Gasteiger partial charge in [-0.2, -0.15) is 0 Å². The number of hydrogen-bond acceptors (Lipinski definition) is 5. The molecule has 0 bridgehead atoms. The summed E-state index contributed by atoms with van der Waals surface area (Å²) in [7, 11) is -2.82. The SMILES string of the molecule is Cc1nc(CN=C(NCC2CCS(=O)(=O)C2)NC2CC2)sc1C. The molecule has 1 aliphatic carbocycles. The summed E-state index contributed by atoms with van der Waals surface area (Å²) in [5.74, 6) is 1.58. The number of aromatic nitrogens is 1. The Morgan fingerprint density at radius 3 is 2.70 bits per heavy atom. The van der Waals surface area contributed by atoms with Crippen LogP contribution in [0.4, 0.5) is 0 Å². The van der Waals surface area contributed by atoms with Crippen LogP contribution in [0.5, 0.6) is 0 Å². The number of nitrogens with zero attached hydrogens (tertiary/aromatic N) is 2. The number of thiazole rings is 1. The van der Waals surface area contributed by atoms with Gasteiger partial charge in [-0.05, 0) is 39.0 Å². The minimum Gasteiger partial charge on any atom is -0.356 e. The zero-order valence-corrected chi connectivity index (χ0v) is 15.3. The highest BCUT2D eigenvalue weighted by Gasteiger charge is 2.28. The minimum absolute atomic E-state index is 0.190. The van der Waals surface area contributed by atoms with Crippen LogP contribution in [0.2, 0.25) is 0 Å². The second kappa shape index (κ2) is 6.76. The number of sulfone groups is 1. The summed E-state index contributed by atoms with van der Waals surface area (Å²) in [6.45, 7) is 5.31. The van der Waals surface area contributed by atoms with E-state index in [0.717, 1.165) is 23.1 Å². The summed E-state index contributed by atoms with van der Waals surface area (Å²) in [5.41, 5.74) is 1.07. The maximum atomic E-state index is 11.5. The summed E-state index contributed by atoms with van der Waals surface area (Å²) < 4.78 is 23.1. The molecule has 1 atom stereocenters. The van der Waals surface area contributed by atoms with Gasteiger partial charge >= 0.3 is 0 Å². The highest BCUT2D eigenvalue weighted by Crippen LogP contribution is 2.20. The van der Waals surface area contributed by atoms with Crippen molar-refractivity contribution in [2.24, 2.45) is 10.9 Å². The summed E-state index contributed by atoms with van der Waals surface area (Å²) >= 11 is 1.68. The van der Waals surface area contributed by atoms with Crippen molar-refractivity contribution in [3.05, 3.63) is 15.6 Å². The largest absolute Gasteiger partial charge is 0.356 e. The summed E-state index contributed by atoms with van der Waals surface area (Å²) in [6, 6.07) is 0.508. The van der Waals surface area contributed by atoms with E-state index >= 15 is 0 Å². The van der Waals surface area contributed by atoms with Crippen molar-refractivity contribution in [3.63, 3.8) is 0 Å². The van der Waals surface area contributed by atoms with Crippen LogP contribution >= 0.6 is 11.3 Å². The fourth-order valence-electron chi connectivity index (χ4n) is 2.60. The van der Waals surface area contributed by atoms with Crippen molar-refractivity contribution >= 4 is 27.1 Å². The highest BCUT2D eigenvalue weighted by atomic mass is 32.2. The Morgan fingerprint density at radius 1 is 1.35 bits per heavy atom. The van der Waals surface area contributed by atoms with Gasteiger partial charge in [-0.25, -0.2) is 18.4 Å². The first-order valence-corrected chi connectivity index (χ1v) is 10.7. The molecular formula is C15H24N4O2S2. The Kier molecular flexibility index (Phi) is 4.91. The molecule has 6 nitrogen and oxygen atoms in total. The zero-order valence-electron chi connectivity index (χ0n) is 13.6. The molecule has 23 heavy (non-hydrogen) atoms. The average Bonchev–Trinajstić information content (AvgIpc) is 3.15. The Bertz CT molecular complexity index is 673. The van der Waals surface area contributed by atoms with Gasteiger partial charge in [0.25, 0.3) is 0 Å². The van der Waals surface area contributed by atoms with Crippen LogP contribution in [-0.2, 0) is 16.4 Å². The molecule has 2 N–H and O–H groups in total. The molecule has 8 heteroatoms. The number of rotatable bonds is 5. The van der Waals surface area contributed by atoms with E-state index in [1.54, 1.807) is 11.3 Å². The van der Waals surface area contributed by atoms with E-state index in [9.17, 15) is 8.42 Å². The number of aliphatic imine (C=N–C) groups is 1. The van der Waals surface area contributed by atoms with Crippen LogP contribution < -0.4 is 10.6 Å². The molecule has 0 amide bonds. The maximum absolute atomic E-state index is 11.5. The van der Waals surface area contributed by atoms with Gasteiger partial charge < -0.3 is 10.6 Å². The van der Waals surface area contributed by atoms with Gasteiger partial charge in [-0.1, -0.05) is 0 Å². The number of nitrogens with one attached hydrogen (secondary N) is 2. The second-order valence-corrected chi connectivity index (χ2v) is 10.00. The Hall–Kier alpha value is -1.15. The molecule has 0 aromatic carbocycles. The number of aryl methyl sites for hydroxylation is 2. The van der Waals surface area contributed by atoms with Gasteiger partial charge in [-0.15, -0.1) is 11.3 Å². The maximum Gasteiger partial charge on any atom is 0.191 e. The fraction of sp³-hybridized carbons (Fsp3) is 0.733. The van der Waals surface area contributed by atoms with E-state index in [1.807, 2.05) is 6.92 Å². The molecule has 128 valence electrons.